The van der Waals surface area contributed by atoms with Crippen LogP contribution >= 0.6 is 0 Å². The number of carboxylic acid groups (broad SMARTS) is 1. The zero-order valence-electron chi connectivity index (χ0n) is 12.3. The van der Waals surface area contributed by atoms with Gasteiger partial charge in [-0.2, -0.15) is 0 Å². The fraction of sp³-hybridized carbons (Fsp3) is 0.375. The maximum absolute atomic E-state index is 11.5. The molecular formula is C16H20N2O4. The summed E-state index contributed by atoms with van der Waals surface area (Å²) in [7, 11) is 0. The average molecular weight is 304 g/mol. The molecule has 0 bridgehead atoms. The Morgan fingerprint density at radius 2 is 2.23 bits per heavy atom. The first-order valence-electron chi connectivity index (χ1n) is 7.21. The Hall–Kier alpha value is -2.50. The SMILES string of the molecule is C=CCOC(=O)NC(CN1CCCc2ccccc21)C(=O)O. The van der Waals surface area contributed by atoms with Crippen LogP contribution in [-0.4, -0.2) is 42.9 Å². The van der Waals surface area contributed by atoms with Gasteiger partial charge in [0.15, 0.2) is 0 Å². The van der Waals surface area contributed by atoms with Crippen molar-refractivity contribution in [1.29, 1.82) is 0 Å². The van der Waals surface area contributed by atoms with E-state index in [9.17, 15) is 14.7 Å². The zero-order valence-corrected chi connectivity index (χ0v) is 12.3. The molecule has 1 aliphatic rings. The van der Waals surface area contributed by atoms with Gasteiger partial charge in [0.2, 0.25) is 0 Å². The van der Waals surface area contributed by atoms with Crippen LogP contribution in [0.2, 0.25) is 0 Å². The Kier molecular flexibility index (Phi) is 5.41. The van der Waals surface area contributed by atoms with Gasteiger partial charge in [-0.15, -0.1) is 0 Å². The fourth-order valence-corrected chi connectivity index (χ4v) is 2.53. The highest BCUT2D eigenvalue weighted by Crippen LogP contribution is 2.26. The van der Waals surface area contributed by atoms with Crippen LogP contribution in [0, 0.1) is 0 Å². The molecule has 0 saturated carbocycles. The maximum atomic E-state index is 11.5. The summed E-state index contributed by atoms with van der Waals surface area (Å²) >= 11 is 0. The second-order valence-corrected chi connectivity index (χ2v) is 5.10. The summed E-state index contributed by atoms with van der Waals surface area (Å²) in [6, 6.07) is 6.90. The highest BCUT2D eigenvalue weighted by atomic mass is 16.5. The number of amides is 1. The number of hydrogen-bond donors (Lipinski definition) is 2. The first-order valence-corrected chi connectivity index (χ1v) is 7.21. The lowest BCUT2D eigenvalue weighted by atomic mass is 10.0. The van der Waals surface area contributed by atoms with Gasteiger partial charge in [0.05, 0.1) is 0 Å². The highest BCUT2D eigenvalue weighted by molar-refractivity contribution is 5.80. The fourth-order valence-electron chi connectivity index (χ4n) is 2.53. The molecule has 0 fully saturated rings. The first kappa shape index (κ1) is 15.9. The number of carbonyl (C=O) groups excluding carboxylic acids is 1. The molecule has 1 heterocycles. The van der Waals surface area contributed by atoms with Crippen molar-refractivity contribution >= 4 is 17.7 Å². The number of hydrogen-bond acceptors (Lipinski definition) is 4. The van der Waals surface area contributed by atoms with Crippen molar-refractivity contribution in [3.63, 3.8) is 0 Å². The Balaban J connectivity index is 2.04. The summed E-state index contributed by atoms with van der Waals surface area (Å²) in [5.41, 5.74) is 2.23. The molecule has 118 valence electrons. The molecule has 1 aliphatic heterocycles. The number of alkyl carbamates (subject to hydrolysis) is 1. The molecule has 0 aliphatic carbocycles. The Morgan fingerprint density at radius 3 is 2.95 bits per heavy atom. The molecule has 0 aromatic heterocycles. The number of ether oxygens (including phenoxy) is 1. The van der Waals surface area contributed by atoms with E-state index in [1.165, 1.54) is 11.6 Å². The highest BCUT2D eigenvalue weighted by Gasteiger charge is 2.26. The van der Waals surface area contributed by atoms with Crippen LogP contribution in [0.25, 0.3) is 0 Å². The first-order chi connectivity index (χ1) is 10.6. The standard InChI is InChI=1S/C16H20N2O4/c1-2-10-22-16(21)17-13(15(19)20)11-18-9-5-7-12-6-3-4-8-14(12)18/h2-4,6,8,13H,1,5,7,9-11H2,(H,17,21)(H,19,20). The summed E-state index contributed by atoms with van der Waals surface area (Å²) in [4.78, 5) is 24.9. The second kappa shape index (κ2) is 7.49. The largest absolute Gasteiger partial charge is 0.480 e. The number of nitrogens with one attached hydrogen (secondary N) is 1. The van der Waals surface area contributed by atoms with E-state index in [-0.39, 0.29) is 13.2 Å². The van der Waals surface area contributed by atoms with Crippen molar-refractivity contribution in [1.82, 2.24) is 5.32 Å². The predicted molar refractivity (Wildman–Crippen MR) is 83.1 cm³/mol. The normalized spacial score (nSPS) is 14.6. The van der Waals surface area contributed by atoms with E-state index in [1.54, 1.807) is 0 Å². The number of rotatable bonds is 6. The van der Waals surface area contributed by atoms with E-state index >= 15 is 0 Å². The average Bonchev–Trinajstić information content (AvgIpc) is 2.52. The van der Waals surface area contributed by atoms with Crippen LogP contribution in [0.5, 0.6) is 0 Å². The molecule has 1 unspecified atom stereocenters. The lowest BCUT2D eigenvalue weighted by molar-refractivity contribution is -0.139. The van der Waals surface area contributed by atoms with Crippen molar-refractivity contribution in [2.24, 2.45) is 0 Å². The third-order valence-corrected chi connectivity index (χ3v) is 3.53. The van der Waals surface area contributed by atoms with E-state index < -0.39 is 18.1 Å². The van der Waals surface area contributed by atoms with Crippen LogP contribution in [0.1, 0.15) is 12.0 Å². The molecule has 6 heteroatoms. The van der Waals surface area contributed by atoms with Crippen LogP contribution in [0.3, 0.4) is 0 Å². The Labute approximate surface area is 129 Å². The van der Waals surface area contributed by atoms with E-state index in [1.807, 2.05) is 29.2 Å². The summed E-state index contributed by atoms with van der Waals surface area (Å²) in [5.74, 6) is -1.08. The van der Waals surface area contributed by atoms with Gasteiger partial charge in [-0.25, -0.2) is 9.59 Å². The Bertz CT molecular complexity index is 559. The lowest BCUT2D eigenvalue weighted by Gasteiger charge is -2.33. The van der Waals surface area contributed by atoms with Crippen molar-refractivity contribution in [2.75, 3.05) is 24.6 Å². The molecular weight excluding hydrogens is 284 g/mol. The molecule has 2 N–H and O–H groups in total. The number of aliphatic carboxylic acids is 1. The van der Waals surface area contributed by atoms with Crippen LogP contribution in [-0.2, 0) is 16.0 Å². The number of benzene rings is 1. The van der Waals surface area contributed by atoms with Crippen molar-refractivity contribution in [2.45, 2.75) is 18.9 Å². The number of anilines is 1. The molecule has 1 amide bonds. The van der Waals surface area contributed by atoms with Gasteiger partial charge in [-0.1, -0.05) is 30.9 Å². The minimum absolute atomic E-state index is 0.0463. The maximum Gasteiger partial charge on any atom is 0.408 e. The molecule has 1 aromatic carbocycles. The molecule has 0 radical (unpaired) electrons. The van der Waals surface area contributed by atoms with E-state index in [0.29, 0.717) is 0 Å². The van der Waals surface area contributed by atoms with E-state index in [4.69, 9.17) is 4.74 Å². The Morgan fingerprint density at radius 1 is 1.45 bits per heavy atom. The van der Waals surface area contributed by atoms with Gasteiger partial charge in [-0.05, 0) is 24.5 Å². The smallest absolute Gasteiger partial charge is 0.408 e. The van der Waals surface area contributed by atoms with Crippen LogP contribution in [0.15, 0.2) is 36.9 Å². The van der Waals surface area contributed by atoms with Crippen molar-refractivity contribution in [3.05, 3.63) is 42.5 Å². The van der Waals surface area contributed by atoms with Crippen LogP contribution < -0.4 is 10.2 Å². The molecule has 0 saturated heterocycles. The summed E-state index contributed by atoms with van der Waals surface area (Å²) in [6.45, 7) is 4.45. The van der Waals surface area contributed by atoms with Crippen molar-refractivity contribution < 1.29 is 19.4 Å². The molecule has 0 spiro atoms. The second-order valence-electron chi connectivity index (χ2n) is 5.10. The number of aryl methyl sites for hydroxylation is 1. The number of carboxylic acids is 1. The molecule has 1 aromatic rings. The third-order valence-electron chi connectivity index (χ3n) is 3.53. The van der Waals surface area contributed by atoms with E-state index in [2.05, 4.69) is 11.9 Å². The number of para-hydroxylation sites is 1. The summed E-state index contributed by atoms with van der Waals surface area (Å²) in [6.07, 6.45) is 2.62. The number of carbonyl (C=O) groups is 2. The van der Waals surface area contributed by atoms with Gasteiger partial charge < -0.3 is 20.1 Å². The monoisotopic (exact) mass is 304 g/mol. The van der Waals surface area contributed by atoms with Gasteiger partial charge in [0.1, 0.15) is 12.6 Å². The van der Waals surface area contributed by atoms with Gasteiger partial charge in [0.25, 0.3) is 0 Å². The summed E-state index contributed by atoms with van der Waals surface area (Å²) in [5, 5.41) is 11.7. The molecule has 1 atom stereocenters. The van der Waals surface area contributed by atoms with Gasteiger partial charge >= 0.3 is 12.1 Å². The minimum Gasteiger partial charge on any atom is -0.480 e. The van der Waals surface area contributed by atoms with Gasteiger partial charge in [0, 0.05) is 18.8 Å². The lowest BCUT2D eigenvalue weighted by Crippen LogP contribution is -2.49. The minimum atomic E-state index is -1.08. The quantitative estimate of drug-likeness (QED) is 0.784. The van der Waals surface area contributed by atoms with E-state index in [0.717, 1.165) is 25.1 Å². The summed E-state index contributed by atoms with van der Waals surface area (Å²) < 4.78 is 4.78. The number of fused-ring (bicyclic) bond motifs is 1. The molecule has 22 heavy (non-hydrogen) atoms. The number of nitrogens with zero attached hydrogens (tertiary/aromatic N) is 1. The van der Waals surface area contributed by atoms with Gasteiger partial charge in [-0.3, -0.25) is 0 Å². The predicted octanol–water partition coefficient (Wildman–Crippen LogP) is 1.80. The van der Waals surface area contributed by atoms with Crippen LogP contribution in [0.4, 0.5) is 10.5 Å². The molecule has 2 rings (SSSR count). The zero-order chi connectivity index (χ0) is 15.9. The van der Waals surface area contributed by atoms with Crippen molar-refractivity contribution in [3.8, 4) is 0 Å². The topological polar surface area (TPSA) is 78.9 Å². The molecule has 6 nitrogen and oxygen atoms in total. The third kappa shape index (κ3) is 4.00.